The summed E-state index contributed by atoms with van der Waals surface area (Å²) in [6.45, 7) is 3.50. The van der Waals surface area contributed by atoms with Crippen LogP contribution in [0.1, 0.15) is 19.4 Å². The Morgan fingerprint density at radius 1 is 1.47 bits per heavy atom. The first-order valence-electron chi connectivity index (χ1n) is 5.55. The van der Waals surface area contributed by atoms with E-state index < -0.39 is 23.8 Å². The molecule has 0 amide bonds. The van der Waals surface area contributed by atoms with Gasteiger partial charge in [-0.15, -0.1) is 0 Å². The molecule has 0 heterocycles. The molecular formula is C12H13BrF3NO2. The number of halogens is 4. The largest absolute Gasteiger partial charge is 0.464 e. The lowest BCUT2D eigenvalue weighted by Gasteiger charge is -2.16. The van der Waals surface area contributed by atoms with E-state index in [-0.39, 0.29) is 11.1 Å². The Morgan fingerprint density at radius 3 is 2.58 bits per heavy atom. The van der Waals surface area contributed by atoms with Crippen molar-refractivity contribution in [2.45, 2.75) is 26.1 Å². The van der Waals surface area contributed by atoms with Gasteiger partial charge in [0.25, 0.3) is 0 Å². The summed E-state index contributed by atoms with van der Waals surface area (Å²) in [6, 6.07) is 2.53. The topological polar surface area (TPSA) is 38.3 Å². The fourth-order valence-electron chi connectivity index (χ4n) is 1.37. The van der Waals surface area contributed by atoms with E-state index in [2.05, 4.69) is 21.2 Å². The SMILES string of the molecule is CCOC(=O)C(C)Nc1ccc(C(F)(F)F)cc1Br. The molecule has 1 atom stereocenters. The summed E-state index contributed by atoms with van der Waals surface area (Å²) in [4.78, 5) is 11.4. The van der Waals surface area contributed by atoms with Crippen molar-refractivity contribution in [3.8, 4) is 0 Å². The third-order valence-corrected chi connectivity index (χ3v) is 2.96. The van der Waals surface area contributed by atoms with Gasteiger partial charge < -0.3 is 10.1 Å². The van der Waals surface area contributed by atoms with Crippen molar-refractivity contribution >= 4 is 27.6 Å². The third kappa shape index (κ3) is 4.41. The smallest absolute Gasteiger partial charge is 0.416 e. The molecule has 0 saturated carbocycles. The second-order valence-electron chi connectivity index (χ2n) is 3.81. The zero-order chi connectivity index (χ0) is 14.6. The van der Waals surface area contributed by atoms with Gasteiger partial charge in [-0.1, -0.05) is 0 Å². The van der Waals surface area contributed by atoms with Crippen LogP contribution in [0.5, 0.6) is 0 Å². The summed E-state index contributed by atoms with van der Waals surface area (Å²) < 4.78 is 42.5. The molecule has 1 unspecified atom stereocenters. The predicted octanol–water partition coefficient (Wildman–Crippen LogP) is 3.83. The average molecular weight is 340 g/mol. The highest BCUT2D eigenvalue weighted by Gasteiger charge is 2.31. The number of hydrogen-bond donors (Lipinski definition) is 1. The first-order chi connectivity index (χ1) is 8.75. The number of alkyl halides is 3. The minimum absolute atomic E-state index is 0.235. The Balaban J connectivity index is 2.83. The molecule has 0 aliphatic carbocycles. The summed E-state index contributed by atoms with van der Waals surface area (Å²) in [5.74, 6) is -0.464. The van der Waals surface area contributed by atoms with E-state index in [1.807, 2.05) is 0 Å². The molecular weight excluding hydrogens is 327 g/mol. The van der Waals surface area contributed by atoms with Gasteiger partial charge in [0.05, 0.1) is 12.2 Å². The maximum absolute atomic E-state index is 12.5. The maximum atomic E-state index is 12.5. The lowest BCUT2D eigenvalue weighted by atomic mass is 10.2. The van der Waals surface area contributed by atoms with Crippen LogP contribution in [-0.2, 0) is 15.7 Å². The van der Waals surface area contributed by atoms with Crippen LogP contribution in [0.3, 0.4) is 0 Å². The van der Waals surface area contributed by atoms with Gasteiger partial charge in [0.2, 0.25) is 0 Å². The van der Waals surface area contributed by atoms with Gasteiger partial charge in [-0.25, -0.2) is 4.79 Å². The van der Waals surface area contributed by atoms with E-state index in [0.717, 1.165) is 12.1 Å². The number of rotatable bonds is 4. The number of esters is 1. The third-order valence-electron chi connectivity index (χ3n) is 2.31. The summed E-state index contributed by atoms with van der Waals surface area (Å²) in [5, 5.41) is 2.78. The van der Waals surface area contributed by atoms with Crippen molar-refractivity contribution in [3.63, 3.8) is 0 Å². The van der Waals surface area contributed by atoms with Crippen molar-refractivity contribution < 1.29 is 22.7 Å². The number of carbonyl (C=O) groups excluding carboxylic acids is 1. The summed E-state index contributed by atoms with van der Waals surface area (Å²) >= 11 is 3.04. The van der Waals surface area contributed by atoms with E-state index >= 15 is 0 Å². The van der Waals surface area contributed by atoms with Gasteiger partial charge in [-0.2, -0.15) is 13.2 Å². The molecule has 0 saturated heterocycles. The first kappa shape index (κ1) is 15.8. The van der Waals surface area contributed by atoms with Gasteiger partial charge in [0.1, 0.15) is 6.04 Å². The van der Waals surface area contributed by atoms with Gasteiger partial charge in [-0.05, 0) is 48.0 Å². The monoisotopic (exact) mass is 339 g/mol. The van der Waals surface area contributed by atoms with E-state index in [4.69, 9.17) is 4.74 Å². The molecule has 0 bridgehead atoms. The molecule has 7 heteroatoms. The van der Waals surface area contributed by atoms with Crippen LogP contribution in [0.4, 0.5) is 18.9 Å². The van der Waals surface area contributed by atoms with Crippen molar-refractivity contribution in [2.24, 2.45) is 0 Å². The molecule has 1 aromatic carbocycles. The van der Waals surface area contributed by atoms with Crippen molar-refractivity contribution in [1.82, 2.24) is 0 Å². The molecule has 1 aromatic rings. The van der Waals surface area contributed by atoms with Crippen LogP contribution >= 0.6 is 15.9 Å². The fourth-order valence-corrected chi connectivity index (χ4v) is 1.86. The van der Waals surface area contributed by atoms with Crippen LogP contribution in [-0.4, -0.2) is 18.6 Å². The molecule has 0 aliphatic rings. The van der Waals surface area contributed by atoms with E-state index in [1.54, 1.807) is 13.8 Å². The zero-order valence-corrected chi connectivity index (χ0v) is 11.9. The maximum Gasteiger partial charge on any atom is 0.416 e. The van der Waals surface area contributed by atoms with Crippen LogP contribution in [0.15, 0.2) is 22.7 Å². The lowest BCUT2D eigenvalue weighted by Crippen LogP contribution is -2.28. The van der Waals surface area contributed by atoms with Gasteiger partial charge in [0, 0.05) is 10.2 Å². The van der Waals surface area contributed by atoms with E-state index in [0.29, 0.717) is 5.69 Å². The quantitative estimate of drug-likeness (QED) is 0.847. The minimum atomic E-state index is -4.40. The number of benzene rings is 1. The molecule has 0 fully saturated rings. The summed E-state index contributed by atoms with van der Waals surface area (Å²) in [7, 11) is 0. The fraction of sp³-hybridized carbons (Fsp3) is 0.417. The standard InChI is InChI=1S/C12H13BrF3NO2/c1-3-19-11(18)7(2)17-10-5-4-8(6-9(10)13)12(14,15)16/h4-7,17H,3H2,1-2H3. The van der Waals surface area contributed by atoms with Crippen molar-refractivity contribution in [1.29, 1.82) is 0 Å². The summed E-state index contributed by atoms with van der Waals surface area (Å²) in [6.07, 6.45) is -4.40. The van der Waals surface area contributed by atoms with Gasteiger partial charge >= 0.3 is 12.1 Å². The number of ether oxygens (including phenoxy) is 1. The molecule has 1 rings (SSSR count). The Hall–Kier alpha value is -1.24. The zero-order valence-electron chi connectivity index (χ0n) is 10.3. The second-order valence-corrected chi connectivity index (χ2v) is 4.66. The molecule has 106 valence electrons. The predicted molar refractivity (Wildman–Crippen MR) is 68.9 cm³/mol. The first-order valence-corrected chi connectivity index (χ1v) is 6.35. The number of nitrogens with one attached hydrogen (secondary N) is 1. The van der Waals surface area contributed by atoms with Crippen LogP contribution in [0.25, 0.3) is 0 Å². The Bertz CT molecular complexity index is 463. The molecule has 0 aliphatic heterocycles. The average Bonchev–Trinajstić information content (AvgIpc) is 2.30. The molecule has 19 heavy (non-hydrogen) atoms. The Morgan fingerprint density at radius 2 is 2.11 bits per heavy atom. The van der Waals surface area contributed by atoms with Crippen LogP contribution < -0.4 is 5.32 Å². The summed E-state index contributed by atoms with van der Waals surface area (Å²) in [5.41, 5.74) is -0.359. The second kappa shape index (κ2) is 6.27. The highest BCUT2D eigenvalue weighted by atomic mass is 79.9. The lowest BCUT2D eigenvalue weighted by molar-refractivity contribution is -0.143. The molecule has 0 spiro atoms. The molecule has 0 aromatic heterocycles. The Labute approximate surface area is 117 Å². The van der Waals surface area contributed by atoms with Gasteiger partial charge in [-0.3, -0.25) is 0 Å². The molecule has 0 radical (unpaired) electrons. The Kier molecular flexibility index (Phi) is 5.22. The number of hydrogen-bond acceptors (Lipinski definition) is 3. The number of anilines is 1. The molecule has 1 N–H and O–H groups in total. The highest BCUT2D eigenvalue weighted by molar-refractivity contribution is 9.10. The molecule has 3 nitrogen and oxygen atoms in total. The highest BCUT2D eigenvalue weighted by Crippen LogP contribution is 2.34. The number of carbonyl (C=O) groups is 1. The van der Waals surface area contributed by atoms with Crippen LogP contribution in [0, 0.1) is 0 Å². The van der Waals surface area contributed by atoms with E-state index in [1.165, 1.54) is 6.07 Å². The normalized spacial score (nSPS) is 12.9. The minimum Gasteiger partial charge on any atom is -0.464 e. The van der Waals surface area contributed by atoms with Crippen molar-refractivity contribution in [2.75, 3.05) is 11.9 Å². The van der Waals surface area contributed by atoms with Crippen LogP contribution in [0.2, 0.25) is 0 Å². The van der Waals surface area contributed by atoms with E-state index in [9.17, 15) is 18.0 Å². The van der Waals surface area contributed by atoms with Crippen molar-refractivity contribution in [3.05, 3.63) is 28.2 Å². The van der Waals surface area contributed by atoms with Gasteiger partial charge in [0.15, 0.2) is 0 Å².